The zero-order valence-electron chi connectivity index (χ0n) is 8.02. The molecule has 0 aliphatic heterocycles. The molecule has 0 amide bonds. The summed E-state index contributed by atoms with van der Waals surface area (Å²) in [6.45, 7) is 0. The van der Waals surface area contributed by atoms with Crippen molar-refractivity contribution in [3.63, 3.8) is 0 Å². The molecule has 1 N–H and O–H groups in total. The maximum absolute atomic E-state index is 9.89. The minimum Gasteiger partial charge on any atom is -0.388 e. The summed E-state index contributed by atoms with van der Waals surface area (Å²) in [5.74, 6) is 0. The van der Waals surface area contributed by atoms with Crippen LogP contribution in [0.5, 0.6) is 0 Å². The molecule has 80 valence electrons. The van der Waals surface area contributed by atoms with Crippen LogP contribution in [0.2, 0.25) is 5.02 Å². The van der Waals surface area contributed by atoms with E-state index in [-0.39, 0.29) is 6.10 Å². The minimum atomic E-state index is -0.385. The highest BCUT2D eigenvalue weighted by atomic mass is 35.5. The zero-order valence-corrected chi connectivity index (χ0v) is 10.4. The number of hydrogen-bond donors (Lipinski definition) is 1. The Bertz CT molecular complexity index is 408. The van der Waals surface area contributed by atoms with Gasteiger partial charge >= 0.3 is 0 Å². The first-order valence-corrected chi connectivity index (χ1v) is 6.84. The maximum atomic E-state index is 9.89. The highest BCUT2D eigenvalue weighted by Crippen LogP contribution is 2.28. The summed E-state index contributed by atoms with van der Waals surface area (Å²) in [4.78, 5) is 2.27. The van der Waals surface area contributed by atoms with Crippen LogP contribution in [0, 0.1) is 0 Å². The van der Waals surface area contributed by atoms with Gasteiger partial charge in [-0.05, 0) is 30.4 Å². The van der Waals surface area contributed by atoms with Gasteiger partial charge in [0.15, 0.2) is 0 Å². The van der Waals surface area contributed by atoms with Gasteiger partial charge in [-0.15, -0.1) is 22.7 Å². The topological polar surface area (TPSA) is 20.2 Å². The molecule has 2 aromatic rings. The molecule has 15 heavy (non-hydrogen) atoms. The smallest absolute Gasteiger partial charge is 0.0886 e. The average molecular weight is 259 g/mol. The molecule has 1 nitrogen and oxygen atoms in total. The molecule has 0 saturated heterocycles. The molecule has 0 fully saturated rings. The molecule has 0 aliphatic rings. The predicted molar refractivity (Wildman–Crippen MR) is 66.9 cm³/mol. The van der Waals surface area contributed by atoms with E-state index in [0.717, 1.165) is 17.7 Å². The van der Waals surface area contributed by atoms with Crippen LogP contribution in [0.3, 0.4) is 0 Å². The lowest BCUT2D eigenvalue weighted by Gasteiger charge is -2.06. The van der Waals surface area contributed by atoms with Gasteiger partial charge in [0, 0.05) is 15.1 Å². The summed E-state index contributed by atoms with van der Waals surface area (Å²) >= 11 is 9.05. The van der Waals surface area contributed by atoms with Crippen molar-refractivity contribution in [2.24, 2.45) is 0 Å². The second-order valence-corrected chi connectivity index (χ2v) is 5.71. The van der Waals surface area contributed by atoms with Gasteiger partial charge < -0.3 is 5.11 Å². The van der Waals surface area contributed by atoms with Crippen molar-refractivity contribution in [1.82, 2.24) is 0 Å². The fourth-order valence-corrected chi connectivity index (χ4v) is 3.21. The van der Waals surface area contributed by atoms with Crippen LogP contribution in [0.25, 0.3) is 0 Å². The van der Waals surface area contributed by atoms with Crippen LogP contribution in [0.1, 0.15) is 22.3 Å². The molecule has 0 spiro atoms. The van der Waals surface area contributed by atoms with Gasteiger partial charge in [-0.3, -0.25) is 0 Å². The third-order valence-electron chi connectivity index (χ3n) is 2.16. The second kappa shape index (κ2) is 5.12. The van der Waals surface area contributed by atoms with Crippen LogP contribution in [-0.2, 0) is 6.42 Å². The van der Waals surface area contributed by atoms with E-state index in [4.69, 9.17) is 11.6 Å². The van der Waals surface area contributed by atoms with Crippen molar-refractivity contribution in [1.29, 1.82) is 0 Å². The molecule has 2 rings (SSSR count). The zero-order chi connectivity index (χ0) is 10.7. The van der Waals surface area contributed by atoms with Gasteiger partial charge in [-0.25, -0.2) is 0 Å². The van der Waals surface area contributed by atoms with Crippen molar-refractivity contribution in [3.8, 4) is 0 Å². The van der Waals surface area contributed by atoms with Gasteiger partial charge in [0.05, 0.1) is 11.1 Å². The summed E-state index contributed by atoms with van der Waals surface area (Å²) in [5, 5.41) is 14.5. The van der Waals surface area contributed by atoms with Crippen LogP contribution in [0.15, 0.2) is 29.0 Å². The van der Waals surface area contributed by atoms with Gasteiger partial charge in [0.2, 0.25) is 0 Å². The van der Waals surface area contributed by atoms with E-state index in [9.17, 15) is 5.11 Å². The lowest BCUT2D eigenvalue weighted by Crippen LogP contribution is -1.95. The standard InChI is InChI=1S/C11H11ClOS2/c12-8-6-11(15-7-8)10(13)4-3-9-2-1-5-14-9/h1-2,5-7,10,13H,3-4H2. The number of aliphatic hydroxyl groups is 1. The molecular weight excluding hydrogens is 248 g/mol. The van der Waals surface area contributed by atoms with Crippen molar-refractivity contribution < 1.29 is 5.11 Å². The van der Waals surface area contributed by atoms with Crippen molar-refractivity contribution in [2.75, 3.05) is 0 Å². The molecule has 0 bridgehead atoms. The number of halogens is 1. The first kappa shape index (κ1) is 11.1. The van der Waals surface area contributed by atoms with Crippen molar-refractivity contribution in [3.05, 3.63) is 43.7 Å². The SMILES string of the molecule is OC(CCc1cccs1)c1cc(Cl)cs1. The maximum Gasteiger partial charge on any atom is 0.0886 e. The fraction of sp³-hybridized carbons (Fsp3) is 0.273. The molecule has 0 aromatic carbocycles. The number of thiophene rings is 2. The Labute approximate surface area is 102 Å². The van der Waals surface area contributed by atoms with Crippen molar-refractivity contribution in [2.45, 2.75) is 18.9 Å². The van der Waals surface area contributed by atoms with Gasteiger partial charge in [0.1, 0.15) is 0 Å². The predicted octanol–water partition coefficient (Wildman–Crippen LogP) is 4.13. The first-order valence-electron chi connectivity index (χ1n) is 4.70. The number of aryl methyl sites for hydroxylation is 1. The Hall–Kier alpha value is -0.350. The molecule has 2 aromatic heterocycles. The van der Waals surface area contributed by atoms with E-state index >= 15 is 0 Å². The molecule has 0 radical (unpaired) electrons. The molecule has 4 heteroatoms. The Kier molecular flexibility index (Phi) is 3.81. The summed E-state index contributed by atoms with van der Waals surface area (Å²) in [6, 6.07) is 5.97. The van der Waals surface area contributed by atoms with Gasteiger partial charge in [0.25, 0.3) is 0 Å². The van der Waals surface area contributed by atoms with E-state index in [0.29, 0.717) is 5.02 Å². The van der Waals surface area contributed by atoms with Gasteiger partial charge in [-0.1, -0.05) is 17.7 Å². The average Bonchev–Trinajstić information content (AvgIpc) is 2.84. The molecule has 1 unspecified atom stereocenters. The fourth-order valence-electron chi connectivity index (χ4n) is 1.38. The number of aliphatic hydroxyl groups excluding tert-OH is 1. The van der Waals surface area contributed by atoms with E-state index in [1.165, 1.54) is 16.2 Å². The number of rotatable bonds is 4. The van der Waals surface area contributed by atoms with E-state index in [1.807, 2.05) is 17.5 Å². The summed E-state index contributed by atoms with van der Waals surface area (Å²) in [6.07, 6.45) is 1.30. The quantitative estimate of drug-likeness (QED) is 0.874. The lowest BCUT2D eigenvalue weighted by molar-refractivity contribution is 0.172. The second-order valence-electron chi connectivity index (χ2n) is 3.30. The third-order valence-corrected chi connectivity index (χ3v) is 4.48. The largest absolute Gasteiger partial charge is 0.388 e. The van der Waals surface area contributed by atoms with Crippen LogP contribution >= 0.6 is 34.3 Å². The summed E-state index contributed by atoms with van der Waals surface area (Å²) in [7, 11) is 0. The number of hydrogen-bond acceptors (Lipinski definition) is 3. The molecular formula is C11H11ClOS2. The van der Waals surface area contributed by atoms with Crippen LogP contribution < -0.4 is 0 Å². The lowest BCUT2D eigenvalue weighted by atomic mass is 10.1. The Morgan fingerprint density at radius 3 is 2.87 bits per heavy atom. The molecule has 0 aliphatic carbocycles. The monoisotopic (exact) mass is 258 g/mol. The highest BCUT2D eigenvalue weighted by Gasteiger charge is 2.10. The molecule has 2 heterocycles. The Morgan fingerprint density at radius 1 is 1.40 bits per heavy atom. The summed E-state index contributed by atoms with van der Waals surface area (Å²) < 4.78 is 0. The Balaban J connectivity index is 1.90. The molecule has 0 saturated carbocycles. The van der Waals surface area contributed by atoms with Crippen LogP contribution in [-0.4, -0.2) is 5.11 Å². The highest BCUT2D eigenvalue weighted by molar-refractivity contribution is 7.10. The van der Waals surface area contributed by atoms with E-state index < -0.39 is 0 Å². The molecule has 1 atom stereocenters. The normalized spacial score (nSPS) is 12.9. The van der Waals surface area contributed by atoms with E-state index in [2.05, 4.69) is 11.4 Å². The van der Waals surface area contributed by atoms with Crippen LogP contribution in [0.4, 0.5) is 0 Å². The van der Waals surface area contributed by atoms with E-state index in [1.54, 1.807) is 11.3 Å². The van der Waals surface area contributed by atoms with Crippen molar-refractivity contribution >= 4 is 34.3 Å². The minimum absolute atomic E-state index is 0.385. The third kappa shape index (κ3) is 3.05. The Morgan fingerprint density at radius 2 is 2.27 bits per heavy atom. The summed E-state index contributed by atoms with van der Waals surface area (Å²) in [5.41, 5.74) is 0. The first-order chi connectivity index (χ1) is 7.25. The van der Waals surface area contributed by atoms with Gasteiger partial charge in [-0.2, -0.15) is 0 Å².